The third-order valence-corrected chi connectivity index (χ3v) is 3.97. The molecule has 2 rings (SSSR count). The molecule has 0 aliphatic heterocycles. The van der Waals surface area contributed by atoms with E-state index < -0.39 is 0 Å². The van der Waals surface area contributed by atoms with Gasteiger partial charge in [-0.15, -0.1) is 0 Å². The number of nitrogens with one attached hydrogen (secondary N) is 1. The van der Waals surface area contributed by atoms with Crippen molar-refractivity contribution in [1.82, 2.24) is 15.3 Å². The number of rotatable bonds is 3. The van der Waals surface area contributed by atoms with E-state index in [1.165, 1.54) is 12.1 Å². The summed E-state index contributed by atoms with van der Waals surface area (Å²) in [5.74, 6) is 0.547. The predicted molar refractivity (Wildman–Crippen MR) is 65.4 cm³/mol. The maximum Gasteiger partial charge on any atom is 0.0653 e. The molecular formula is C13H21N3. The van der Waals surface area contributed by atoms with Crippen molar-refractivity contribution in [3.63, 3.8) is 0 Å². The van der Waals surface area contributed by atoms with Crippen molar-refractivity contribution >= 4 is 0 Å². The van der Waals surface area contributed by atoms with Crippen molar-refractivity contribution in [3.05, 3.63) is 23.8 Å². The maximum absolute atomic E-state index is 4.50. The van der Waals surface area contributed by atoms with E-state index in [1.807, 2.05) is 0 Å². The first-order valence-corrected chi connectivity index (χ1v) is 6.08. The highest BCUT2D eigenvalue weighted by atomic mass is 15.0. The topological polar surface area (TPSA) is 37.8 Å². The highest BCUT2D eigenvalue weighted by Gasteiger charge is 2.49. The Balaban J connectivity index is 2.17. The Morgan fingerprint density at radius 1 is 1.38 bits per heavy atom. The van der Waals surface area contributed by atoms with Gasteiger partial charge < -0.3 is 5.32 Å². The normalized spacial score (nSPS) is 27.5. The maximum atomic E-state index is 4.50. The molecule has 2 atom stereocenters. The lowest BCUT2D eigenvalue weighted by atomic mass is 9.57. The molecule has 0 spiro atoms. The second-order valence-corrected chi connectivity index (χ2v) is 5.25. The molecule has 1 aliphatic carbocycles. The Kier molecular flexibility index (Phi) is 2.98. The molecule has 1 aromatic heterocycles. The Morgan fingerprint density at radius 3 is 2.62 bits per heavy atom. The zero-order valence-corrected chi connectivity index (χ0v) is 10.6. The smallest absolute Gasteiger partial charge is 0.0653 e. The molecule has 1 saturated carbocycles. The van der Waals surface area contributed by atoms with Gasteiger partial charge in [0, 0.05) is 24.4 Å². The van der Waals surface area contributed by atoms with Crippen molar-refractivity contribution < 1.29 is 0 Å². The lowest BCUT2D eigenvalue weighted by molar-refractivity contribution is 0.0673. The van der Waals surface area contributed by atoms with Gasteiger partial charge in [-0.25, -0.2) is 0 Å². The summed E-state index contributed by atoms with van der Waals surface area (Å²) in [6.07, 6.45) is 4.76. The molecule has 2 unspecified atom stereocenters. The van der Waals surface area contributed by atoms with E-state index in [1.54, 1.807) is 12.4 Å². The van der Waals surface area contributed by atoms with Crippen LogP contribution >= 0.6 is 0 Å². The zero-order chi connectivity index (χ0) is 11.8. The standard InChI is InChI=1S/C13H21N3/c1-5-14-11-8-10(13(11,3)4)12-9(2)15-6-7-16-12/h6-7,10-11,14H,5,8H2,1-4H3. The molecule has 16 heavy (non-hydrogen) atoms. The molecule has 0 amide bonds. The number of hydrogen-bond donors (Lipinski definition) is 1. The molecule has 0 saturated heterocycles. The first-order chi connectivity index (χ1) is 7.57. The van der Waals surface area contributed by atoms with Gasteiger partial charge in [0.2, 0.25) is 0 Å². The van der Waals surface area contributed by atoms with Crippen molar-refractivity contribution in [2.75, 3.05) is 6.54 Å². The fraction of sp³-hybridized carbons (Fsp3) is 0.692. The number of aromatic nitrogens is 2. The lowest BCUT2D eigenvalue weighted by Crippen LogP contribution is -2.55. The van der Waals surface area contributed by atoms with E-state index in [4.69, 9.17) is 0 Å². The predicted octanol–water partition coefficient (Wildman–Crippen LogP) is 2.28. The summed E-state index contributed by atoms with van der Waals surface area (Å²) in [6, 6.07) is 0.615. The van der Waals surface area contributed by atoms with Crippen molar-refractivity contribution in [2.45, 2.75) is 46.1 Å². The van der Waals surface area contributed by atoms with Crippen LogP contribution in [0.1, 0.15) is 44.5 Å². The third-order valence-electron chi connectivity index (χ3n) is 3.97. The first kappa shape index (κ1) is 11.5. The minimum atomic E-state index is 0.288. The minimum Gasteiger partial charge on any atom is -0.314 e. The number of hydrogen-bond acceptors (Lipinski definition) is 3. The van der Waals surface area contributed by atoms with Crippen LogP contribution < -0.4 is 5.32 Å². The molecule has 3 heteroatoms. The highest BCUT2D eigenvalue weighted by Crippen LogP contribution is 2.52. The molecule has 1 N–H and O–H groups in total. The van der Waals surface area contributed by atoms with Gasteiger partial charge in [0.15, 0.2) is 0 Å². The van der Waals surface area contributed by atoms with Crippen LogP contribution in [0, 0.1) is 12.3 Å². The van der Waals surface area contributed by atoms with Crippen LogP contribution in [-0.4, -0.2) is 22.6 Å². The average molecular weight is 219 g/mol. The van der Waals surface area contributed by atoms with Gasteiger partial charge in [0.25, 0.3) is 0 Å². The molecule has 3 nitrogen and oxygen atoms in total. The average Bonchev–Trinajstić information content (AvgIpc) is 2.25. The Bertz CT molecular complexity index is 373. The number of nitrogens with zero attached hydrogens (tertiary/aromatic N) is 2. The van der Waals surface area contributed by atoms with E-state index >= 15 is 0 Å². The van der Waals surface area contributed by atoms with Gasteiger partial charge in [0.05, 0.1) is 11.4 Å². The van der Waals surface area contributed by atoms with Crippen molar-refractivity contribution in [2.24, 2.45) is 5.41 Å². The Labute approximate surface area is 97.7 Å². The summed E-state index contributed by atoms with van der Waals surface area (Å²) in [6.45, 7) is 9.90. The SMILES string of the molecule is CCNC1CC(c2nccnc2C)C1(C)C. The zero-order valence-electron chi connectivity index (χ0n) is 10.6. The molecule has 1 aromatic rings. The second kappa shape index (κ2) is 4.13. The van der Waals surface area contributed by atoms with Crippen LogP contribution in [0.3, 0.4) is 0 Å². The summed E-state index contributed by atoms with van der Waals surface area (Å²) in [5.41, 5.74) is 2.55. The van der Waals surface area contributed by atoms with Gasteiger partial charge in [-0.2, -0.15) is 0 Å². The summed E-state index contributed by atoms with van der Waals surface area (Å²) < 4.78 is 0. The van der Waals surface area contributed by atoms with Crippen LogP contribution in [0.4, 0.5) is 0 Å². The van der Waals surface area contributed by atoms with Gasteiger partial charge in [0.1, 0.15) is 0 Å². The second-order valence-electron chi connectivity index (χ2n) is 5.25. The summed E-state index contributed by atoms with van der Waals surface area (Å²) in [5, 5.41) is 3.54. The molecule has 0 aromatic carbocycles. The molecule has 1 fully saturated rings. The Morgan fingerprint density at radius 2 is 2.06 bits per heavy atom. The van der Waals surface area contributed by atoms with E-state index in [9.17, 15) is 0 Å². The Hall–Kier alpha value is -0.960. The van der Waals surface area contributed by atoms with Gasteiger partial charge >= 0.3 is 0 Å². The van der Waals surface area contributed by atoms with Crippen LogP contribution in [0.2, 0.25) is 0 Å². The lowest BCUT2D eigenvalue weighted by Gasteiger charge is -2.52. The quantitative estimate of drug-likeness (QED) is 0.847. The van der Waals surface area contributed by atoms with Crippen LogP contribution in [-0.2, 0) is 0 Å². The summed E-state index contributed by atoms with van der Waals surface area (Å²) in [7, 11) is 0. The van der Waals surface area contributed by atoms with E-state index in [-0.39, 0.29) is 5.41 Å². The van der Waals surface area contributed by atoms with Crippen molar-refractivity contribution in [1.29, 1.82) is 0 Å². The van der Waals surface area contributed by atoms with Crippen molar-refractivity contribution in [3.8, 4) is 0 Å². The molecule has 0 bridgehead atoms. The summed E-state index contributed by atoms with van der Waals surface area (Å²) in [4.78, 5) is 8.84. The molecule has 1 heterocycles. The van der Waals surface area contributed by atoms with E-state index in [0.29, 0.717) is 12.0 Å². The third kappa shape index (κ3) is 1.73. The fourth-order valence-electron chi connectivity index (χ4n) is 2.74. The largest absolute Gasteiger partial charge is 0.314 e. The van der Waals surface area contributed by atoms with Crippen LogP contribution in [0.25, 0.3) is 0 Å². The van der Waals surface area contributed by atoms with Crippen LogP contribution in [0.15, 0.2) is 12.4 Å². The monoisotopic (exact) mass is 219 g/mol. The van der Waals surface area contributed by atoms with Crippen LogP contribution in [0.5, 0.6) is 0 Å². The fourth-order valence-corrected chi connectivity index (χ4v) is 2.74. The summed E-state index contributed by atoms with van der Waals surface area (Å²) >= 11 is 0. The van der Waals surface area contributed by atoms with Gasteiger partial charge in [-0.05, 0) is 25.3 Å². The molecular weight excluding hydrogens is 198 g/mol. The molecule has 1 aliphatic rings. The van der Waals surface area contributed by atoms with E-state index in [2.05, 4.69) is 43.0 Å². The molecule has 0 radical (unpaired) electrons. The van der Waals surface area contributed by atoms with Gasteiger partial charge in [-0.1, -0.05) is 20.8 Å². The van der Waals surface area contributed by atoms with E-state index in [0.717, 1.165) is 12.2 Å². The number of aryl methyl sites for hydroxylation is 1. The van der Waals surface area contributed by atoms with Gasteiger partial charge in [-0.3, -0.25) is 9.97 Å². The first-order valence-electron chi connectivity index (χ1n) is 6.08. The molecule has 88 valence electrons. The highest BCUT2D eigenvalue weighted by molar-refractivity contribution is 5.24. The minimum absolute atomic E-state index is 0.288.